The molecule has 0 unspecified atom stereocenters. The molecular formula is C10H12N2O2. The van der Waals surface area contributed by atoms with Crippen molar-refractivity contribution in [2.24, 2.45) is 0 Å². The van der Waals surface area contributed by atoms with Crippen LogP contribution in [0.25, 0.3) is 10.9 Å². The first-order valence-corrected chi connectivity index (χ1v) is 4.45. The van der Waals surface area contributed by atoms with Crippen molar-refractivity contribution in [3.63, 3.8) is 0 Å². The third-order valence-electron chi connectivity index (χ3n) is 2.07. The van der Waals surface area contributed by atoms with Gasteiger partial charge in [-0.05, 0) is 19.1 Å². The van der Waals surface area contributed by atoms with E-state index in [1.54, 1.807) is 23.1 Å². The third-order valence-corrected chi connectivity index (χ3v) is 2.07. The van der Waals surface area contributed by atoms with E-state index in [1.165, 1.54) is 0 Å². The molecule has 0 aliphatic heterocycles. The van der Waals surface area contributed by atoms with Gasteiger partial charge in [-0.15, -0.1) is 0 Å². The summed E-state index contributed by atoms with van der Waals surface area (Å²) in [5.41, 5.74) is 6.77. The molecule has 0 aliphatic rings. The zero-order valence-corrected chi connectivity index (χ0v) is 7.90. The van der Waals surface area contributed by atoms with Gasteiger partial charge >= 0.3 is 0 Å². The Morgan fingerprint density at radius 1 is 1.50 bits per heavy atom. The highest BCUT2D eigenvalue weighted by molar-refractivity contribution is 5.85. The highest BCUT2D eigenvalue weighted by atomic mass is 16.7. The van der Waals surface area contributed by atoms with Gasteiger partial charge in [-0.25, -0.2) is 0 Å². The zero-order chi connectivity index (χ0) is 10.1. The second kappa shape index (κ2) is 3.14. The minimum atomic E-state index is 0.0807. The monoisotopic (exact) mass is 192 g/mol. The lowest BCUT2D eigenvalue weighted by Crippen LogP contribution is -2.08. The minimum Gasteiger partial charge on any atom is -0.506 e. The number of nitrogen functional groups attached to an aromatic ring is 1. The van der Waals surface area contributed by atoms with Crippen LogP contribution >= 0.6 is 0 Å². The lowest BCUT2D eigenvalue weighted by atomic mass is 10.2. The van der Waals surface area contributed by atoms with E-state index in [4.69, 9.17) is 10.6 Å². The normalized spacial score (nSPS) is 10.6. The van der Waals surface area contributed by atoms with Crippen LogP contribution in [0.5, 0.6) is 5.75 Å². The molecule has 1 aromatic heterocycles. The number of phenols is 1. The molecule has 0 aliphatic carbocycles. The average molecular weight is 192 g/mol. The Labute approximate surface area is 81.5 Å². The van der Waals surface area contributed by atoms with Gasteiger partial charge < -0.3 is 15.7 Å². The second-order valence-corrected chi connectivity index (χ2v) is 3.03. The van der Waals surface area contributed by atoms with Gasteiger partial charge in [0.15, 0.2) is 0 Å². The van der Waals surface area contributed by atoms with Crippen molar-refractivity contribution in [3.8, 4) is 5.75 Å². The molecule has 1 aromatic carbocycles. The maximum Gasteiger partial charge on any atom is 0.140 e. The van der Waals surface area contributed by atoms with E-state index in [-0.39, 0.29) is 5.75 Å². The molecule has 2 aromatic rings. The number of aromatic hydroxyl groups is 1. The van der Waals surface area contributed by atoms with Crippen LogP contribution in [0.4, 0.5) is 5.69 Å². The quantitative estimate of drug-likeness (QED) is 0.558. The molecule has 2 rings (SSSR count). The average Bonchev–Trinajstić information content (AvgIpc) is 2.51. The number of phenolic OH excluding ortho intramolecular Hbond substituents is 1. The molecule has 0 saturated carbocycles. The molecule has 0 saturated heterocycles. The van der Waals surface area contributed by atoms with Crippen LogP contribution in [0, 0.1) is 0 Å². The Bertz CT molecular complexity index is 462. The molecular weight excluding hydrogens is 180 g/mol. The zero-order valence-electron chi connectivity index (χ0n) is 7.90. The van der Waals surface area contributed by atoms with E-state index >= 15 is 0 Å². The number of nitrogens with two attached hydrogens (primary N) is 1. The summed E-state index contributed by atoms with van der Waals surface area (Å²) in [5, 5.41) is 10.4. The van der Waals surface area contributed by atoms with Gasteiger partial charge in [0, 0.05) is 17.6 Å². The van der Waals surface area contributed by atoms with Gasteiger partial charge in [0.1, 0.15) is 12.4 Å². The Morgan fingerprint density at radius 3 is 3.00 bits per heavy atom. The van der Waals surface area contributed by atoms with Gasteiger partial charge in [-0.3, -0.25) is 0 Å². The summed E-state index contributed by atoms with van der Waals surface area (Å²) in [4.78, 5) is 5.32. The van der Waals surface area contributed by atoms with Crippen molar-refractivity contribution in [3.05, 3.63) is 24.4 Å². The van der Waals surface area contributed by atoms with E-state index in [2.05, 4.69) is 0 Å². The fourth-order valence-electron chi connectivity index (χ4n) is 1.42. The first kappa shape index (κ1) is 8.74. The molecule has 1 heterocycles. The van der Waals surface area contributed by atoms with Crippen LogP contribution in [0.3, 0.4) is 0 Å². The molecule has 0 bridgehead atoms. The van der Waals surface area contributed by atoms with E-state index in [9.17, 15) is 5.11 Å². The molecule has 14 heavy (non-hydrogen) atoms. The van der Waals surface area contributed by atoms with Crippen molar-refractivity contribution in [1.82, 2.24) is 4.73 Å². The second-order valence-electron chi connectivity index (χ2n) is 3.03. The smallest absolute Gasteiger partial charge is 0.140 e. The van der Waals surface area contributed by atoms with Crippen molar-refractivity contribution >= 4 is 16.6 Å². The SMILES string of the molecule is CCOn1ccc2cc(N)c(O)cc21. The number of nitrogens with zero attached hydrogens (tertiary/aromatic N) is 1. The molecule has 0 atom stereocenters. The Kier molecular flexibility index (Phi) is 1.96. The Hall–Kier alpha value is -1.84. The van der Waals surface area contributed by atoms with Gasteiger partial charge in [0.2, 0.25) is 0 Å². The van der Waals surface area contributed by atoms with E-state index in [0.717, 1.165) is 10.9 Å². The summed E-state index contributed by atoms with van der Waals surface area (Å²) >= 11 is 0. The van der Waals surface area contributed by atoms with Crippen LogP contribution in [0.1, 0.15) is 6.92 Å². The summed E-state index contributed by atoms with van der Waals surface area (Å²) in [6.45, 7) is 2.48. The predicted octanol–water partition coefficient (Wildman–Crippen LogP) is 1.38. The standard InChI is InChI=1S/C10H12N2O2/c1-2-14-12-4-3-7-5-8(11)10(13)6-9(7)12/h3-6,13H,2,11H2,1H3. The van der Waals surface area contributed by atoms with Crippen LogP contribution in [0.2, 0.25) is 0 Å². The number of anilines is 1. The predicted molar refractivity (Wildman–Crippen MR) is 55.1 cm³/mol. The summed E-state index contributed by atoms with van der Waals surface area (Å²) in [6.07, 6.45) is 1.80. The molecule has 74 valence electrons. The van der Waals surface area contributed by atoms with Crippen LogP contribution in [-0.4, -0.2) is 16.4 Å². The number of aromatic nitrogens is 1. The lowest BCUT2D eigenvalue weighted by molar-refractivity contribution is 0.132. The molecule has 0 radical (unpaired) electrons. The maximum absolute atomic E-state index is 9.43. The molecule has 4 nitrogen and oxygen atoms in total. The highest BCUT2D eigenvalue weighted by Crippen LogP contribution is 2.26. The van der Waals surface area contributed by atoms with Gasteiger partial charge in [-0.2, -0.15) is 4.73 Å². The Balaban J connectivity index is 2.61. The van der Waals surface area contributed by atoms with E-state index < -0.39 is 0 Å². The largest absolute Gasteiger partial charge is 0.506 e. The van der Waals surface area contributed by atoms with Gasteiger partial charge in [-0.1, -0.05) is 0 Å². The van der Waals surface area contributed by atoms with Crippen molar-refractivity contribution < 1.29 is 9.94 Å². The fraction of sp³-hybridized carbons (Fsp3) is 0.200. The van der Waals surface area contributed by atoms with Gasteiger partial charge in [0.05, 0.1) is 11.2 Å². The summed E-state index contributed by atoms with van der Waals surface area (Å²) < 4.78 is 1.62. The number of rotatable bonds is 2. The lowest BCUT2D eigenvalue weighted by Gasteiger charge is -2.06. The van der Waals surface area contributed by atoms with Crippen molar-refractivity contribution in [1.29, 1.82) is 0 Å². The summed E-state index contributed by atoms with van der Waals surface area (Å²) in [7, 11) is 0. The van der Waals surface area contributed by atoms with Crippen molar-refractivity contribution in [2.75, 3.05) is 12.3 Å². The molecule has 0 fully saturated rings. The number of benzene rings is 1. The van der Waals surface area contributed by atoms with E-state index in [1.807, 2.05) is 13.0 Å². The fourth-order valence-corrected chi connectivity index (χ4v) is 1.42. The first-order chi connectivity index (χ1) is 6.72. The highest BCUT2D eigenvalue weighted by Gasteiger charge is 2.05. The third kappa shape index (κ3) is 1.25. The van der Waals surface area contributed by atoms with Crippen LogP contribution < -0.4 is 10.6 Å². The molecule has 0 amide bonds. The summed E-state index contributed by atoms with van der Waals surface area (Å²) in [5.74, 6) is 0.0807. The van der Waals surface area contributed by atoms with Crippen molar-refractivity contribution in [2.45, 2.75) is 6.92 Å². The van der Waals surface area contributed by atoms with E-state index in [0.29, 0.717) is 12.3 Å². The maximum atomic E-state index is 9.43. The number of hydrogen-bond donors (Lipinski definition) is 2. The minimum absolute atomic E-state index is 0.0807. The van der Waals surface area contributed by atoms with Crippen LogP contribution in [-0.2, 0) is 0 Å². The summed E-state index contributed by atoms with van der Waals surface area (Å²) in [6, 6.07) is 5.21. The molecule has 3 N–H and O–H groups in total. The molecule has 0 spiro atoms. The topological polar surface area (TPSA) is 60.4 Å². The molecule has 4 heteroatoms. The van der Waals surface area contributed by atoms with Crippen LogP contribution in [0.15, 0.2) is 24.4 Å². The number of hydrogen-bond acceptors (Lipinski definition) is 3. The number of fused-ring (bicyclic) bond motifs is 1. The first-order valence-electron chi connectivity index (χ1n) is 4.45. The Morgan fingerprint density at radius 2 is 2.29 bits per heavy atom. The van der Waals surface area contributed by atoms with Gasteiger partial charge in [0.25, 0.3) is 0 Å².